The van der Waals surface area contributed by atoms with Gasteiger partial charge in [0.2, 0.25) is 0 Å². The van der Waals surface area contributed by atoms with Crippen LogP contribution in [0.1, 0.15) is 12.0 Å². The van der Waals surface area contributed by atoms with Gasteiger partial charge in [-0.3, -0.25) is 5.32 Å². The number of carbonyl (C=O) groups is 2. The number of alkyl halides is 17. The Hall–Kier alpha value is -3.51. The average Bonchev–Trinajstić information content (AvgIpc) is 2.93. The highest BCUT2D eigenvalue weighted by atomic mass is 19.4. The van der Waals surface area contributed by atoms with Gasteiger partial charge in [-0.25, -0.2) is 9.59 Å². The molecule has 0 aliphatic heterocycles. The van der Waals surface area contributed by atoms with Gasteiger partial charge in [0.25, 0.3) is 0 Å². The molecule has 1 aromatic carbocycles. The van der Waals surface area contributed by atoms with E-state index in [2.05, 4.69) is 10.1 Å². The molecule has 0 saturated carbocycles. The van der Waals surface area contributed by atoms with Crippen LogP contribution in [-0.4, -0.2) is 108 Å². The zero-order valence-corrected chi connectivity index (χ0v) is 23.5. The highest BCUT2D eigenvalue weighted by molar-refractivity contribution is 5.92. The minimum atomic E-state index is -8.75. The maximum Gasteiger partial charge on any atom is 0.460 e. The van der Waals surface area contributed by atoms with Crippen LogP contribution in [0.2, 0.25) is 0 Å². The third-order valence-electron chi connectivity index (χ3n) is 6.19. The van der Waals surface area contributed by atoms with Crippen molar-refractivity contribution in [3.05, 3.63) is 23.8 Å². The standard InChI is InChI=1S/C23H22F17N3O5/c1-11-2-3-12(10-13(11)42-14(46)43(5-7-44)6-8-45)41-15(47)48-9-4-16(24,25)17(26,27)18(28,29)19(30,31)20(32,33)21(34,35)22(36,37)23(38,39)40/h2-3,10,44-45H,4-9H2,1H3,(H,41,47)(H,42,46). The molecule has 0 aromatic heterocycles. The van der Waals surface area contributed by atoms with Crippen molar-refractivity contribution in [2.24, 2.45) is 0 Å². The van der Waals surface area contributed by atoms with Crippen LogP contribution in [0, 0.1) is 6.92 Å². The van der Waals surface area contributed by atoms with Gasteiger partial charge >= 0.3 is 59.8 Å². The molecule has 0 unspecified atom stereocenters. The second-order valence-corrected chi connectivity index (χ2v) is 9.55. The molecule has 0 spiro atoms. The Labute approximate surface area is 256 Å². The zero-order valence-electron chi connectivity index (χ0n) is 23.5. The number of nitrogens with zero attached hydrogens (tertiary/aromatic N) is 1. The molecule has 0 heterocycles. The summed E-state index contributed by atoms with van der Waals surface area (Å²) in [6.07, 6.45) is -12.7. The van der Waals surface area contributed by atoms with Crippen LogP contribution >= 0.6 is 0 Å². The van der Waals surface area contributed by atoms with Gasteiger partial charge in [0.1, 0.15) is 0 Å². The molecule has 48 heavy (non-hydrogen) atoms. The summed E-state index contributed by atoms with van der Waals surface area (Å²) >= 11 is 0. The summed E-state index contributed by atoms with van der Waals surface area (Å²) in [5.41, 5.74) is -0.150. The molecule has 0 aliphatic rings. The molecule has 3 amide bonds. The highest BCUT2D eigenvalue weighted by Gasteiger charge is 2.95. The number of carbonyl (C=O) groups excluding carboxylic acids is 2. The largest absolute Gasteiger partial charge is 0.460 e. The first-order chi connectivity index (χ1) is 21.4. The van der Waals surface area contributed by atoms with Crippen molar-refractivity contribution in [3.8, 4) is 0 Å². The summed E-state index contributed by atoms with van der Waals surface area (Å²) in [7, 11) is 0. The van der Waals surface area contributed by atoms with Crippen molar-refractivity contribution >= 4 is 23.5 Å². The maximum atomic E-state index is 14.0. The minimum absolute atomic E-state index is 0.0802. The Kier molecular flexibility index (Phi) is 12.5. The van der Waals surface area contributed by atoms with E-state index in [0.29, 0.717) is 5.56 Å². The predicted molar refractivity (Wildman–Crippen MR) is 126 cm³/mol. The zero-order chi connectivity index (χ0) is 37.9. The van der Waals surface area contributed by atoms with Gasteiger partial charge in [-0.1, -0.05) is 6.07 Å². The smallest absolute Gasteiger partial charge is 0.449 e. The van der Waals surface area contributed by atoms with E-state index in [1.807, 2.05) is 0 Å². The molecular weight excluding hydrogens is 721 g/mol. The molecule has 0 aliphatic carbocycles. The van der Waals surface area contributed by atoms with Gasteiger partial charge in [0.15, 0.2) is 0 Å². The maximum absolute atomic E-state index is 14.0. The van der Waals surface area contributed by atoms with Gasteiger partial charge in [-0.05, 0) is 24.6 Å². The number of nitrogens with one attached hydrogen (secondary N) is 2. The van der Waals surface area contributed by atoms with E-state index in [4.69, 9.17) is 10.2 Å². The molecule has 278 valence electrons. The number of aliphatic hydroxyl groups excluding tert-OH is 2. The predicted octanol–water partition coefficient (Wildman–Crippen LogP) is 6.76. The first kappa shape index (κ1) is 42.5. The second-order valence-electron chi connectivity index (χ2n) is 9.55. The number of hydrogen-bond acceptors (Lipinski definition) is 5. The second kappa shape index (κ2) is 14.2. The van der Waals surface area contributed by atoms with Crippen molar-refractivity contribution < 1.29 is 99.2 Å². The first-order valence-electron chi connectivity index (χ1n) is 12.4. The van der Waals surface area contributed by atoms with Crippen LogP contribution in [-0.2, 0) is 4.74 Å². The number of ether oxygens (including phenoxy) is 1. The van der Waals surface area contributed by atoms with Gasteiger partial charge in [-0.2, -0.15) is 74.6 Å². The fraction of sp³-hybridized carbons (Fsp3) is 0.652. The monoisotopic (exact) mass is 743 g/mol. The Bertz CT molecular complexity index is 1290. The average molecular weight is 743 g/mol. The molecule has 25 heteroatoms. The van der Waals surface area contributed by atoms with Gasteiger partial charge in [-0.15, -0.1) is 0 Å². The number of urea groups is 1. The van der Waals surface area contributed by atoms with E-state index in [1.54, 1.807) is 5.32 Å². The molecule has 0 atom stereocenters. The molecule has 0 fully saturated rings. The molecule has 0 saturated heterocycles. The number of halogens is 17. The Morgan fingerprint density at radius 3 is 1.56 bits per heavy atom. The number of amides is 3. The number of benzene rings is 1. The number of aryl methyl sites for hydroxylation is 1. The topological polar surface area (TPSA) is 111 Å². The molecule has 8 nitrogen and oxygen atoms in total. The summed E-state index contributed by atoms with van der Waals surface area (Å²) in [6, 6.07) is 2.33. The summed E-state index contributed by atoms with van der Waals surface area (Å²) < 4.78 is 231. The summed E-state index contributed by atoms with van der Waals surface area (Å²) in [5, 5.41) is 22.0. The van der Waals surface area contributed by atoms with Crippen molar-refractivity contribution in [2.75, 3.05) is 43.5 Å². The third kappa shape index (κ3) is 7.70. The lowest BCUT2D eigenvalue weighted by atomic mass is 9.88. The number of anilines is 2. The van der Waals surface area contributed by atoms with Crippen LogP contribution in [0.15, 0.2) is 18.2 Å². The molecule has 1 rings (SSSR count). The van der Waals surface area contributed by atoms with E-state index < -0.39 is 86.0 Å². The van der Waals surface area contributed by atoms with Crippen molar-refractivity contribution in [2.45, 2.75) is 61.0 Å². The van der Waals surface area contributed by atoms with Crippen LogP contribution < -0.4 is 10.6 Å². The van der Waals surface area contributed by atoms with Gasteiger partial charge in [0, 0.05) is 24.5 Å². The quantitative estimate of drug-likeness (QED) is 0.149. The van der Waals surface area contributed by atoms with E-state index in [9.17, 15) is 84.2 Å². The Morgan fingerprint density at radius 2 is 1.12 bits per heavy atom. The van der Waals surface area contributed by atoms with Gasteiger partial charge in [0.05, 0.1) is 26.2 Å². The number of rotatable bonds is 15. The number of aliphatic hydroxyl groups is 2. The van der Waals surface area contributed by atoms with E-state index in [-0.39, 0.29) is 24.5 Å². The molecule has 0 bridgehead atoms. The van der Waals surface area contributed by atoms with Crippen LogP contribution in [0.4, 0.5) is 95.6 Å². The van der Waals surface area contributed by atoms with Crippen molar-refractivity contribution in [3.63, 3.8) is 0 Å². The van der Waals surface area contributed by atoms with Crippen LogP contribution in [0.25, 0.3) is 0 Å². The molecule has 1 aromatic rings. The Morgan fingerprint density at radius 1 is 0.688 bits per heavy atom. The normalized spacial score (nSPS) is 14.1. The summed E-state index contributed by atoms with van der Waals surface area (Å²) in [5.74, 6) is -57.4. The van der Waals surface area contributed by atoms with Crippen molar-refractivity contribution in [1.82, 2.24) is 4.90 Å². The van der Waals surface area contributed by atoms with Crippen molar-refractivity contribution in [1.29, 1.82) is 0 Å². The van der Waals surface area contributed by atoms with E-state index in [1.165, 1.54) is 13.0 Å². The SMILES string of the molecule is Cc1ccc(NC(=O)OCCC(F)(F)C(F)(F)C(F)(F)C(F)(F)C(F)(F)C(F)(F)C(F)(F)C(F)(F)F)cc1NC(=O)N(CCO)CCO. The minimum Gasteiger partial charge on any atom is -0.449 e. The molecule has 4 N–H and O–H groups in total. The van der Waals surface area contributed by atoms with E-state index >= 15 is 0 Å². The molecule has 0 radical (unpaired) electrons. The van der Waals surface area contributed by atoms with Gasteiger partial charge < -0.3 is 25.2 Å². The van der Waals surface area contributed by atoms with Crippen LogP contribution in [0.3, 0.4) is 0 Å². The first-order valence-corrected chi connectivity index (χ1v) is 12.4. The number of hydrogen-bond donors (Lipinski definition) is 4. The lowest BCUT2D eigenvalue weighted by Crippen LogP contribution is -2.74. The fourth-order valence-corrected chi connectivity index (χ4v) is 3.36. The Balaban J connectivity index is 3.12. The molecular formula is C23H22F17N3O5. The fourth-order valence-electron chi connectivity index (χ4n) is 3.36. The lowest BCUT2D eigenvalue weighted by molar-refractivity contribution is -0.461. The summed E-state index contributed by atoms with van der Waals surface area (Å²) in [4.78, 5) is 25.1. The van der Waals surface area contributed by atoms with E-state index in [0.717, 1.165) is 17.0 Å². The highest BCUT2D eigenvalue weighted by Crippen LogP contribution is 2.64. The summed E-state index contributed by atoms with van der Waals surface area (Å²) in [6.45, 7) is -2.28. The third-order valence-corrected chi connectivity index (χ3v) is 6.19. The van der Waals surface area contributed by atoms with Crippen LogP contribution in [0.5, 0.6) is 0 Å². The lowest BCUT2D eigenvalue weighted by Gasteiger charge is -2.42.